The van der Waals surface area contributed by atoms with Gasteiger partial charge in [-0.1, -0.05) is 43.2 Å². The van der Waals surface area contributed by atoms with E-state index in [0.717, 1.165) is 64.7 Å². The zero-order valence-corrected chi connectivity index (χ0v) is 16.5. The van der Waals surface area contributed by atoms with Gasteiger partial charge in [0.1, 0.15) is 0 Å². The quantitative estimate of drug-likeness (QED) is 0.886. The van der Waals surface area contributed by atoms with Crippen LogP contribution in [0.15, 0.2) is 30.3 Å². The fraction of sp³-hybridized carbons (Fsp3) is 0.682. The van der Waals surface area contributed by atoms with E-state index in [4.69, 9.17) is 0 Å². The summed E-state index contributed by atoms with van der Waals surface area (Å²) < 4.78 is 0. The van der Waals surface area contributed by atoms with E-state index in [-0.39, 0.29) is 12.1 Å². The van der Waals surface area contributed by atoms with E-state index in [0.29, 0.717) is 0 Å². The number of nitrogens with zero attached hydrogens (tertiary/aromatic N) is 3. The number of likely N-dealkylation sites (tertiary alicyclic amines) is 1. The van der Waals surface area contributed by atoms with Crippen LogP contribution >= 0.6 is 0 Å². The molecule has 27 heavy (non-hydrogen) atoms. The first-order chi connectivity index (χ1) is 13.3. The van der Waals surface area contributed by atoms with Crippen molar-refractivity contribution >= 4 is 6.03 Å². The highest BCUT2D eigenvalue weighted by Gasteiger charge is 2.28. The minimum atomic E-state index is 0.148. The molecule has 1 aliphatic carbocycles. The predicted molar refractivity (Wildman–Crippen MR) is 109 cm³/mol. The van der Waals surface area contributed by atoms with Gasteiger partial charge < -0.3 is 10.2 Å². The van der Waals surface area contributed by atoms with Crippen molar-refractivity contribution in [1.82, 2.24) is 20.0 Å². The molecule has 1 aromatic rings. The Labute approximate surface area is 163 Å². The van der Waals surface area contributed by atoms with Gasteiger partial charge in [0.05, 0.1) is 0 Å². The molecule has 1 saturated carbocycles. The van der Waals surface area contributed by atoms with Crippen LogP contribution in [0, 0.1) is 0 Å². The molecule has 0 unspecified atom stereocenters. The highest BCUT2D eigenvalue weighted by atomic mass is 16.2. The van der Waals surface area contributed by atoms with Gasteiger partial charge in [-0.05, 0) is 31.2 Å². The minimum Gasteiger partial charge on any atom is -0.334 e. The number of hydrogen-bond donors (Lipinski definition) is 1. The summed E-state index contributed by atoms with van der Waals surface area (Å²) in [6, 6.07) is 11.8. The molecule has 1 atom stereocenters. The third-order valence-electron chi connectivity index (χ3n) is 6.51. The molecule has 0 aromatic heterocycles. The molecule has 0 bridgehead atoms. The molecule has 2 amide bonds. The number of hydrogen-bond acceptors (Lipinski definition) is 3. The Morgan fingerprint density at radius 2 is 1.74 bits per heavy atom. The lowest BCUT2D eigenvalue weighted by atomic mass is 10.2. The Hall–Kier alpha value is -1.59. The maximum absolute atomic E-state index is 12.8. The van der Waals surface area contributed by atoms with Gasteiger partial charge >= 0.3 is 6.03 Å². The summed E-state index contributed by atoms with van der Waals surface area (Å²) in [7, 11) is 0. The highest BCUT2D eigenvalue weighted by Crippen LogP contribution is 2.24. The predicted octanol–water partition coefficient (Wildman–Crippen LogP) is 2.92. The lowest BCUT2D eigenvalue weighted by Gasteiger charge is -2.27. The number of carbonyl (C=O) groups is 1. The summed E-state index contributed by atoms with van der Waals surface area (Å²) >= 11 is 0. The van der Waals surface area contributed by atoms with E-state index < -0.39 is 0 Å². The SMILES string of the molecule is O=C(N[C@@H]1CCN(Cc2ccccc2)C1)N1CCCN(C2CCCC2)CC1. The molecule has 4 rings (SSSR count). The Morgan fingerprint density at radius 3 is 2.56 bits per heavy atom. The molecule has 0 spiro atoms. The van der Waals surface area contributed by atoms with Crippen molar-refractivity contribution in [3.05, 3.63) is 35.9 Å². The Balaban J connectivity index is 1.22. The van der Waals surface area contributed by atoms with Crippen molar-refractivity contribution in [3.8, 4) is 0 Å². The molecular formula is C22H34N4O. The van der Waals surface area contributed by atoms with Crippen LogP contribution in [0.3, 0.4) is 0 Å². The first-order valence-corrected chi connectivity index (χ1v) is 10.8. The third-order valence-corrected chi connectivity index (χ3v) is 6.51. The Kier molecular flexibility index (Phi) is 6.30. The van der Waals surface area contributed by atoms with Crippen LogP contribution in [-0.4, -0.2) is 72.1 Å². The first kappa shape index (κ1) is 18.8. The first-order valence-electron chi connectivity index (χ1n) is 10.8. The van der Waals surface area contributed by atoms with Crippen molar-refractivity contribution in [1.29, 1.82) is 0 Å². The molecule has 2 aliphatic heterocycles. The lowest BCUT2D eigenvalue weighted by Crippen LogP contribution is -2.47. The van der Waals surface area contributed by atoms with Crippen molar-refractivity contribution in [3.63, 3.8) is 0 Å². The average molecular weight is 371 g/mol. The van der Waals surface area contributed by atoms with Gasteiger partial charge in [-0.15, -0.1) is 0 Å². The summed E-state index contributed by atoms with van der Waals surface area (Å²) in [5.74, 6) is 0. The molecular weight excluding hydrogens is 336 g/mol. The maximum Gasteiger partial charge on any atom is 0.317 e. The number of nitrogens with one attached hydrogen (secondary N) is 1. The summed E-state index contributed by atoms with van der Waals surface area (Å²) in [6.07, 6.45) is 7.63. The minimum absolute atomic E-state index is 0.148. The zero-order chi connectivity index (χ0) is 18.5. The van der Waals surface area contributed by atoms with Crippen LogP contribution in [0.2, 0.25) is 0 Å². The number of carbonyl (C=O) groups excluding carboxylic acids is 1. The molecule has 1 aromatic carbocycles. The summed E-state index contributed by atoms with van der Waals surface area (Å²) in [5, 5.41) is 3.30. The molecule has 1 N–H and O–H groups in total. The van der Waals surface area contributed by atoms with Crippen molar-refractivity contribution in [2.45, 2.75) is 57.2 Å². The molecule has 148 valence electrons. The van der Waals surface area contributed by atoms with Gasteiger partial charge in [0.15, 0.2) is 0 Å². The van der Waals surface area contributed by atoms with Crippen molar-refractivity contribution < 1.29 is 4.79 Å². The molecule has 0 radical (unpaired) electrons. The number of rotatable bonds is 4. The van der Waals surface area contributed by atoms with Gasteiger partial charge in [0.25, 0.3) is 0 Å². The monoisotopic (exact) mass is 370 g/mol. The second-order valence-corrected chi connectivity index (χ2v) is 8.47. The second-order valence-electron chi connectivity index (χ2n) is 8.47. The van der Waals surface area contributed by atoms with E-state index in [9.17, 15) is 4.79 Å². The molecule has 3 fully saturated rings. The summed E-state index contributed by atoms with van der Waals surface area (Å²) in [6.45, 7) is 6.98. The number of benzene rings is 1. The van der Waals surface area contributed by atoms with E-state index in [1.165, 1.54) is 31.2 Å². The lowest BCUT2D eigenvalue weighted by molar-refractivity contribution is 0.185. The second kappa shape index (κ2) is 9.07. The van der Waals surface area contributed by atoms with Crippen molar-refractivity contribution in [2.75, 3.05) is 39.3 Å². The van der Waals surface area contributed by atoms with Gasteiger partial charge in [-0.2, -0.15) is 0 Å². The number of urea groups is 1. The van der Waals surface area contributed by atoms with Crippen LogP contribution < -0.4 is 5.32 Å². The normalized spacial score (nSPS) is 25.6. The van der Waals surface area contributed by atoms with Gasteiger partial charge in [-0.25, -0.2) is 4.79 Å². The molecule has 2 saturated heterocycles. The molecule has 5 nitrogen and oxygen atoms in total. The van der Waals surface area contributed by atoms with E-state index in [2.05, 4.69) is 50.3 Å². The van der Waals surface area contributed by atoms with Crippen molar-refractivity contribution in [2.24, 2.45) is 0 Å². The largest absolute Gasteiger partial charge is 0.334 e. The maximum atomic E-state index is 12.8. The van der Waals surface area contributed by atoms with Crippen LogP contribution in [0.4, 0.5) is 4.79 Å². The van der Waals surface area contributed by atoms with Crippen LogP contribution in [0.1, 0.15) is 44.1 Å². The summed E-state index contributed by atoms with van der Waals surface area (Å²) in [4.78, 5) is 19.9. The van der Waals surface area contributed by atoms with Crippen LogP contribution in [-0.2, 0) is 6.54 Å². The van der Waals surface area contributed by atoms with Crippen LogP contribution in [0.5, 0.6) is 0 Å². The molecule has 3 aliphatic rings. The topological polar surface area (TPSA) is 38.8 Å². The molecule has 5 heteroatoms. The third kappa shape index (κ3) is 5.02. The number of amides is 2. The Morgan fingerprint density at radius 1 is 0.926 bits per heavy atom. The summed E-state index contributed by atoms with van der Waals surface area (Å²) in [5.41, 5.74) is 1.35. The van der Waals surface area contributed by atoms with E-state index >= 15 is 0 Å². The van der Waals surface area contributed by atoms with Gasteiger partial charge in [0.2, 0.25) is 0 Å². The standard InChI is InChI=1S/C22H34N4O/c27-22(26-13-6-12-25(15-16-26)21-9-4-5-10-21)23-20-11-14-24(18-20)17-19-7-2-1-3-8-19/h1-3,7-8,20-21H,4-6,9-18H2,(H,23,27)/t20-/m1/s1. The average Bonchev–Trinajstić information content (AvgIpc) is 3.30. The van der Waals surface area contributed by atoms with E-state index in [1.54, 1.807) is 0 Å². The zero-order valence-electron chi connectivity index (χ0n) is 16.5. The van der Waals surface area contributed by atoms with Crippen LogP contribution in [0.25, 0.3) is 0 Å². The Bertz CT molecular complexity index is 602. The fourth-order valence-electron chi connectivity index (χ4n) is 4.98. The molecule has 2 heterocycles. The van der Waals surface area contributed by atoms with Gasteiger partial charge in [0, 0.05) is 57.9 Å². The van der Waals surface area contributed by atoms with E-state index in [1.807, 2.05) is 0 Å². The highest BCUT2D eigenvalue weighted by molar-refractivity contribution is 5.74. The van der Waals surface area contributed by atoms with Gasteiger partial charge in [-0.3, -0.25) is 9.80 Å². The smallest absolute Gasteiger partial charge is 0.317 e. The fourth-order valence-corrected chi connectivity index (χ4v) is 4.98.